The van der Waals surface area contributed by atoms with Crippen LogP contribution < -0.4 is 5.43 Å². The zero-order chi connectivity index (χ0) is 12.0. The second-order valence-electron chi connectivity index (χ2n) is 3.01. The summed E-state index contributed by atoms with van der Waals surface area (Å²) in [6.07, 6.45) is -0.547. The minimum absolute atomic E-state index is 0.329. The lowest BCUT2D eigenvalue weighted by molar-refractivity contribution is 0.152. The highest BCUT2D eigenvalue weighted by atomic mass is 79.9. The zero-order valence-corrected chi connectivity index (χ0v) is 10.7. The van der Waals surface area contributed by atoms with Crippen molar-refractivity contribution in [2.75, 3.05) is 6.61 Å². The summed E-state index contributed by atoms with van der Waals surface area (Å²) < 4.78 is 5.62. The van der Waals surface area contributed by atoms with Crippen molar-refractivity contribution in [1.82, 2.24) is 5.43 Å². The number of benzene rings is 1. The lowest BCUT2D eigenvalue weighted by Gasteiger charge is -2.04. The summed E-state index contributed by atoms with van der Waals surface area (Å²) in [6.45, 7) is 3.88. The molecular weight excluding hydrogens is 272 g/mol. The van der Waals surface area contributed by atoms with Crippen LogP contribution in [0.4, 0.5) is 4.79 Å². The van der Waals surface area contributed by atoms with E-state index in [4.69, 9.17) is 0 Å². The summed E-state index contributed by atoms with van der Waals surface area (Å²) >= 11 is 3.41. The maximum atomic E-state index is 11.0. The number of nitrogens with zero attached hydrogens (tertiary/aromatic N) is 1. The fraction of sp³-hybridized carbons (Fsp3) is 0.273. The quantitative estimate of drug-likeness (QED) is 0.685. The van der Waals surface area contributed by atoms with E-state index >= 15 is 0 Å². The molecule has 1 amide bonds. The molecule has 1 aromatic carbocycles. The summed E-state index contributed by atoms with van der Waals surface area (Å²) in [5, 5.41) is 3.94. The standard InChI is InChI=1S/C11H13BrN2O2/c1-3-16-11(15)14-13-8(2)9-6-4-5-7-10(9)12/h4-7H,3H2,1-2H3,(H,14,15)/b13-8-. The Kier molecular flexibility index (Phi) is 4.98. The number of carbonyl (C=O) groups is 1. The van der Waals surface area contributed by atoms with Crippen molar-refractivity contribution in [3.8, 4) is 0 Å². The molecule has 16 heavy (non-hydrogen) atoms. The van der Waals surface area contributed by atoms with Crippen LogP contribution in [0, 0.1) is 0 Å². The molecule has 0 aliphatic rings. The Morgan fingerprint density at radius 1 is 1.50 bits per heavy atom. The Labute approximate surface area is 103 Å². The molecule has 0 aliphatic carbocycles. The molecule has 0 bridgehead atoms. The van der Waals surface area contributed by atoms with Gasteiger partial charge in [-0.1, -0.05) is 34.1 Å². The van der Waals surface area contributed by atoms with E-state index in [0.717, 1.165) is 10.0 Å². The first-order chi connectivity index (χ1) is 7.65. The average Bonchev–Trinajstić information content (AvgIpc) is 2.27. The van der Waals surface area contributed by atoms with Gasteiger partial charge in [0.25, 0.3) is 0 Å². The van der Waals surface area contributed by atoms with Gasteiger partial charge in [-0.3, -0.25) is 0 Å². The second-order valence-corrected chi connectivity index (χ2v) is 3.86. The van der Waals surface area contributed by atoms with Gasteiger partial charge in [0.05, 0.1) is 12.3 Å². The molecule has 0 saturated carbocycles. The minimum Gasteiger partial charge on any atom is -0.449 e. The fourth-order valence-corrected chi connectivity index (χ4v) is 1.68. The van der Waals surface area contributed by atoms with Crippen molar-refractivity contribution >= 4 is 27.7 Å². The van der Waals surface area contributed by atoms with Gasteiger partial charge in [0.15, 0.2) is 0 Å². The number of ether oxygens (including phenoxy) is 1. The topological polar surface area (TPSA) is 50.7 Å². The third kappa shape index (κ3) is 3.66. The summed E-state index contributed by atoms with van der Waals surface area (Å²) in [5.74, 6) is 0. The van der Waals surface area contributed by atoms with Crippen LogP contribution in [0.5, 0.6) is 0 Å². The first-order valence-electron chi connectivity index (χ1n) is 4.87. The monoisotopic (exact) mass is 284 g/mol. The van der Waals surface area contributed by atoms with Crippen LogP contribution in [-0.2, 0) is 4.74 Å². The Morgan fingerprint density at radius 2 is 2.19 bits per heavy atom. The number of hydrazone groups is 1. The number of hydrogen-bond donors (Lipinski definition) is 1. The van der Waals surface area contributed by atoms with E-state index < -0.39 is 6.09 Å². The SMILES string of the molecule is CCOC(=O)N/N=C(/C)c1ccccc1Br. The normalized spacial score (nSPS) is 11.1. The van der Waals surface area contributed by atoms with Crippen molar-refractivity contribution in [3.63, 3.8) is 0 Å². The van der Waals surface area contributed by atoms with Crippen molar-refractivity contribution in [2.45, 2.75) is 13.8 Å². The van der Waals surface area contributed by atoms with Crippen LogP contribution >= 0.6 is 15.9 Å². The third-order valence-electron chi connectivity index (χ3n) is 1.85. The molecule has 1 rings (SSSR count). The van der Waals surface area contributed by atoms with Crippen molar-refractivity contribution < 1.29 is 9.53 Å². The summed E-state index contributed by atoms with van der Waals surface area (Å²) in [7, 11) is 0. The molecular formula is C11H13BrN2O2. The zero-order valence-electron chi connectivity index (χ0n) is 9.16. The minimum atomic E-state index is -0.547. The lowest BCUT2D eigenvalue weighted by atomic mass is 10.1. The Bertz CT molecular complexity index is 405. The average molecular weight is 285 g/mol. The van der Waals surface area contributed by atoms with Gasteiger partial charge in [0.2, 0.25) is 0 Å². The Balaban J connectivity index is 2.71. The predicted molar refractivity (Wildman–Crippen MR) is 66.5 cm³/mol. The molecule has 1 aromatic rings. The van der Waals surface area contributed by atoms with E-state index in [9.17, 15) is 4.79 Å². The van der Waals surface area contributed by atoms with Crippen LogP contribution in [0.3, 0.4) is 0 Å². The van der Waals surface area contributed by atoms with Crippen molar-refractivity contribution in [3.05, 3.63) is 34.3 Å². The van der Waals surface area contributed by atoms with Crippen molar-refractivity contribution in [1.29, 1.82) is 0 Å². The van der Waals surface area contributed by atoms with Gasteiger partial charge in [0, 0.05) is 10.0 Å². The van der Waals surface area contributed by atoms with Gasteiger partial charge >= 0.3 is 6.09 Å². The lowest BCUT2D eigenvalue weighted by Crippen LogP contribution is -2.20. The van der Waals surface area contributed by atoms with Crippen LogP contribution in [0.2, 0.25) is 0 Å². The second kappa shape index (κ2) is 6.27. The molecule has 0 fully saturated rings. The van der Waals surface area contributed by atoms with Gasteiger partial charge < -0.3 is 4.74 Å². The van der Waals surface area contributed by atoms with Gasteiger partial charge in [-0.2, -0.15) is 5.10 Å². The number of nitrogens with one attached hydrogen (secondary N) is 1. The number of amides is 1. The van der Waals surface area contributed by atoms with Gasteiger partial charge in [0.1, 0.15) is 0 Å². The van der Waals surface area contributed by atoms with Gasteiger partial charge in [-0.15, -0.1) is 0 Å². The van der Waals surface area contributed by atoms with E-state index in [2.05, 4.69) is 31.2 Å². The van der Waals surface area contributed by atoms with E-state index in [1.807, 2.05) is 31.2 Å². The summed E-state index contributed by atoms with van der Waals surface area (Å²) in [4.78, 5) is 11.0. The van der Waals surface area contributed by atoms with Crippen LogP contribution in [0.15, 0.2) is 33.8 Å². The first-order valence-corrected chi connectivity index (χ1v) is 5.66. The van der Waals surface area contributed by atoms with E-state index in [0.29, 0.717) is 12.3 Å². The largest absolute Gasteiger partial charge is 0.449 e. The number of hydrogen-bond acceptors (Lipinski definition) is 3. The van der Waals surface area contributed by atoms with Crippen molar-refractivity contribution in [2.24, 2.45) is 5.10 Å². The maximum Gasteiger partial charge on any atom is 0.427 e. The summed E-state index contributed by atoms with van der Waals surface area (Å²) in [6, 6.07) is 7.65. The maximum absolute atomic E-state index is 11.0. The first kappa shape index (κ1) is 12.7. The van der Waals surface area contributed by atoms with Gasteiger partial charge in [-0.05, 0) is 19.9 Å². The Hall–Kier alpha value is -1.36. The molecule has 0 spiro atoms. The van der Waals surface area contributed by atoms with Crippen LogP contribution in [-0.4, -0.2) is 18.4 Å². The highest BCUT2D eigenvalue weighted by molar-refractivity contribution is 9.10. The van der Waals surface area contributed by atoms with E-state index in [-0.39, 0.29) is 0 Å². The molecule has 1 N–H and O–H groups in total. The highest BCUT2D eigenvalue weighted by Gasteiger charge is 2.03. The molecule has 86 valence electrons. The highest BCUT2D eigenvalue weighted by Crippen LogP contribution is 2.16. The smallest absolute Gasteiger partial charge is 0.427 e. The number of halogens is 1. The van der Waals surface area contributed by atoms with Gasteiger partial charge in [-0.25, -0.2) is 10.2 Å². The molecule has 0 unspecified atom stereocenters. The Morgan fingerprint density at radius 3 is 2.81 bits per heavy atom. The van der Waals surface area contributed by atoms with E-state index in [1.54, 1.807) is 6.92 Å². The van der Waals surface area contributed by atoms with Crippen LogP contribution in [0.1, 0.15) is 19.4 Å². The number of rotatable bonds is 3. The predicted octanol–water partition coefficient (Wildman–Crippen LogP) is 2.92. The molecule has 4 nitrogen and oxygen atoms in total. The van der Waals surface area contributed by atoms with Crippen LogP contribution in [0.25, 0.3) is 0 Å². The molecule has 0 saturated heterocycles. The molecule has 0 heterocycles. The molecule has 0 atom stereocenters. The molecule has 0 aliphatic heterocycles. The third-order valence-corrected chi connectivity index (χ3v) is 2.55. The van der Waals surface area contributed by atoms with E-state index in [1.165, 1.54) is 0 Å². The molecule has 0 aromatic heterocycles. The summed E-state index contributed by atoms with van der Waals surface area (Å²) in [5.41, 5.74) is 3.95. The fourth-order valence-electron chi connectivity index (χ4n) is 1.11. The number of carbonyl (C=O) groups excluding carboxylic acids is 1. The molecule has 0 radical (unpaired) electrons. The molecule has 5 heteroatoms.